The van der Waals surface area contributed by atoms with Crippen LogP contribution in [0.3, 0.4) is 0 Å². The Morgan fingerprint density at radius 1 is 1.08 bits per heavy atom. The minimum absolute atomic E-state index is 0.182. The van der Waals surface area contributed by atoms with E-state index in [0.29, 0.717) is 6.42 Å². The summed E-state index contributed by atoms with van der Waals surface area (Å²) in [6, 6.07) is 0. The van der Waals surface area contributed by atoms with Gasteiger partial charge in [-0.1, -0.05) is 9.39 Å². The van der Waals surface area contributed by atoms with Crippen molar-refractivity contribution in [1.29, 1.82) is 0 Å². The van der Waals surface area contributed by atoms with E-state index in [4.69, 9.17) is 5.11 Å². The van der Waals surface area contributed by atoms with Gasteiger partial charge in [0, 0.05) is 5.56 Å². The molecule has 1 aromatic heterocycles. The molecule has 1 N–H and O–H groups in total. The smallest absolute Gasteiger partial charge is 0.382 e. The first kappa shape index (κ1) is 19.9. The fraction of sp³-hybridized carbons (Fsp3) is 0.769. The Morgan fingerprint density at radius 3 is 2.04 bits per heavy atom. The Balaban J connectivity index is 0.000000212. The van der Waals surface area contributed by atoms with E-state index in [1.165, 1.54) is 0 Å². The topological polar surface area (TPSA) is 38.1 Å². The van der Waals surface area contributed by atoms with E-state index in [1.54, 1.807) is 0 Å². The summed E-state index contributed by atoms with van der Waals surface area (Å²) in [5.74, 6) is -3.80. The Hall–Kier alpha value is -1.46. The minimum Gasteiger partial charge on any atom is -0.382 e. The summed E-state index contributed by atoms with van der Waals surface area (Å²) in [5, 5.41) is 11.4. The molecule has 3 rings (SSSR count). The van der Waals surface area contributed by atoms with E-state index in [9.17, 15) is 39.6 Å². The number of nitrogens with zero attached hydrogens (tertiary/aromatic N) is 2. The van der Waals surface area contributed by atoms with Gasteiger partial charge in [-0.05, 0) is 19.3 Å². The lowest BCUT2D eigenvalue weighted by Gasteiger charge is -2.22. The van der Waals surface area contributed by atoms with Crippen LogP contribution in [0.15, 0.2) is 0 Å². The fourth-order valence-corrected chi connectivity index (χ4v) is 2.68. The highest BCUT2D eigenvalue weighted by molar-refractivity contribution is 5.37. The molecule has 3 atom stereocenters. The largest absolute Gasteiger partial charge is 0.435 e. The van der Waals surface area contributed by atoms with Crippen molar-refractivity contribution < 1.29 is 44.7 Å². The van der Waals surface area contributed by atoms with E-state index in [2.05, 4.69) is 5.10 Å². The van der Waals surface area contributed by atoms with Gasteiger partial charge < -0.3 is 5.11 Å². The number of rotatable bonds is 0. The third-order valence-corrected chi connectivity index (χ3v) is 3.97. The summed E-state index contributed by atoms with van der Waals surface area (Å²) < 4.78 is 112. The Morgan fingerprint density at radius 2 is 1.60 bits per heavy atom. The normalized spacial score (nSPS) is 31.3. The zero-order chi connectivity index (χ0) is 19.2. The predicted molar refractivity (Wildman–Crippen MR) is 65.9 cm³/mol. The van der Waals surface area contributed by atoms with Crippen molar-refractivity contribution >= 4 is 0 Å². The molecule has 2 aliphatic rings. The molecule has 0 aromatic carbocycles. The number of alkyl halides is 8. The lowest BCUT2D eigenvalue weighted by Crippen LogP contribution is -2.32. The zero-order valence-electron chi connectivity index (χ0n) is 12.4. The maximum Gasteiger partial charge on any atom is 0.435 e. The molecule has 2 aliphatic carbocycles. The second-order valence-corrected chi connectivity index (χ2v) is 5.81. The van der Waals surface area contributed by atoms with Crippen molar-refractivity contribution in [3.05, 3.63) is 17.0 Å². The predicted octanol–water partition coefficient (Wildman–Crippen LogP) is 4.04. The maximum atomic E-state index is 12.9. The van der Waals surface area contributed by atoms with Crippen molar-refractivity contribution in [1.82, 2.24) is 10.0 Å². The first-order valence-electron chi connectivity index (χ1n) is 7.19. The third-order valence-electron chi connectivity index (χ3n) is 3.97. The highest BCUT2D eigenvalue weighted by atomic mass is 19.4. The molecule has 144 valence electrons. The molecule has 12 heteroatoms. The van der Waals surface area contributed by atoms with Crippen molar-refractivity contribution in [2.24, 2.45) is 0 Å². The van der Waals surface area contributed by atoms with Crippen molar-refractivity contribution in [2.75, 3.05) is 0 Å². The van der Waals surface area contributed by atoms with Crippen LogP contribution >= 0.6 is 0 Å². The number of halogens is 9. The second-order valence-electron chi connectivity index (χ2n) is 5.81. The quantitative estimate of drug-likeness (QED) is 0.686. The van der Waals surface area contributed by atoms with Crippen LogP contribution in [0.5, 0.6) is 0 Å². The molecule has 3 unspecified atom stereocenters. The summed E-state index contributed by atoms with van der Waals surface area (Å²) in [6.07, 6.45) is -13.2. The molecule has 0 amide bonds. The van der Waals surface area contributed by atoms with E-state index in [-0.39, 0.29) is 12.8 Å². The number of aromatic nitrogens is 2. The van der Waals surface area contributed by atoms with Crippen LogP contribution in [-0.2, 0) is 12.6 Å². The molecule has 3 nitrogen and oxygen atoms in total. The van der Waals surface area contributed by atoms with Crippen LogP contribution in [-0.4, -0.2) is 39.5 Å². The summed E-state index contributed by atoms with van der Waals surface area (Å²) in [7, 11) is 0. The van der Waals surface area contributed by atoms with Gasteiger partial charge in [0.15, 0.2) is 11.9 Å². The van der Waals surface area contributed by atoms with Gasteiger partial charge in [-0.15, -0.1) is 5.10 Å². The van der Waals surface area contributed by atoms with Gasteiger partial charge in [-0.3, -0.25) is 0 Å². The molecule has 25 heavy (non-hydrogen) atoms. The van der Waals surface area contributed by atoms with E-state index >= 15 is 0 Å². The van der Waals surface area contributed by atoms with Gasteiger partial charge in [0.25, 0.3) is 5.92 Å². The number of aliphatic hydroxyl groups is 1. The SMILES string of the molecule is FC1CCCC(F)C1F.OC1c2c(C(F)(F)F)nn(F)c2CC1(F)F. The first-order chi connectivity index (χ1) is 11.4. The first-order valence-corrected chi connectivity index (χ1v) is 7.19. The summed E-state index contributed by atoms with van der Waals surface area (Å²) in [6.45, 7) is 0. The molecule has 1 fully saturated rings. The Labute approximate surface area is 135 Å². The molecule has 0 saturated heterocycles. The van der Waals surface area contributed by atoms with E-state index < -0.39 is 65.0 Å². The van der Waals surface area contributed by atoms with Crippen LogP contribution in [0.1, 0.15) is 42.3 Å². The number of hydrogen-bond acceptors (Lipinski definition) is 2. The second kappa shape index (κ2) is 6.69. The van der Waals surface area contributed by atoms with Gasteiger partial charge in [0.1, 0.15) is 18.4 Å². The molecule has 0 bridgehead atoms. The van der Waals surface area contributed by atoms with Crippen LogP contribution < -0.4 is 0 Å². The molecule has 0 radical (unpaired) electrons. The van der Waals surface area contributed by atoms with Gasteiger partial charge in [-0.2, -0.15) is 13.2 Å². The minimum atomic E-state index is -5.08. The molecule has 1 heterocycles. The van der Waals surface area contributed by atoms with Crippen LogP contribution in [0.2, 0.25) is 0 Å². The van der Waals surface area contributed by atoms with Gasteiger partial charge in [0.2, 0.25) is 0 Å². The lowest BCUT2D eigenvalue weighted by atomic mass is 9.95. The average molecular weight is 384 g/mol. The summed E-state index contributed by atoms with van der Waals surface area (Å²) >= 11 is 0. The number of fused-ring (bicyclic) bond motifs is 1. The zero-order valence-corrected chi connectivity index (χ0v) is 12.4. The van der Waals surface area contributed by atoms with E-state index in [1.807, 2.05) is 0 Å². The number of hydrogen-bond donors (Lipinski definition) is 1. The van der Waals surface area contributed by atoms with Crippen molar-refractivity contribution in [3.63, 3.8) is 0 Å². The molecule has 0 spiro atoms. The molecular weight excluding hydrogens is 371 g/mol. The Bertz CT molecular complexity index is 605. The average Bonchev–Trinajstić information content (AvgIpc) is 2.92. The van der Waals surface area contributed by atoms with Gasteiger partial charge in [0.05, 0.1) is 12.1 Å². The van der Waals surface area contributed by atoms with Crippen LogP contribution in [0, 0.1) is 0 Å². The summed E-state index contributed by atoms with van der Waals surface area (Å²) in [5.41, 5.74) is -3.93. The molecule has 1 saturated carbocycles. The maximum absolute atomic E-state index is 12.9. The summed E-state index contributed by atoms with van der Waals surface area (Å²) in [4.78, 5) is -0.762. The molecule has 1 aromatic rings. The van der Waals surface area contributed by atoms with E-state index in [0.717, 1.165) is 0 Å². The van der Waals surface area contributed by atoms with Crippen LogP contribution in [0.4, 0.5) is 39.6 Å². The highest BCUT2D eigenvalue weighted by Crippen LogP contribution is 2.48. The van der Waals surface area contributed by atoms with Gasteiger partial charge in [-0.25, -0.2) is 22.0 Å². The van der Waals surface area contributed by atoms with Crippen molar-refractivity contribution in [2.45, 2.75) is 62.4 Å². The van der Waals surface area contributed by atoms with Crippen molar-refractivity contribution in [3.8, 4) is 0 Å². The van der Waals surface area contributed by atoms with Crippen LogP contribution in [0.25, 0.3) is 0 Å². The third kappa shape index (κ3) is 3.87. The highest BCUT2D eigenvalue weighted by Gasteiger charge is 2.55. The lowest BCUT2D eigenvalue weighted by molar-refractivity contribution is -0.147. The fourth-order valence-electron chi connectivity index (χ4n) is 2.68. The standard InChI is InChI=1S/C7H4F6N2O.C6H9F3/c8-6(9)1-2-3(5(6)16)4(7(10,11)12)14-15(2)13;7-4-2-1-3-5(8)6(4)9/h5,16H,1H2;4-6H,1-3H2. The Kier molecular flexibility index (Phi) is 5.31. The number of aliphatic hydroxyl groups excluding tert-OH is 1. The molecule has 0 aliphatic heterocycles. The van der Waals surface area contributed by atoms with Gasteiger partial charge >= 0.3 is 6.18 Å². The molecular formula is C13H13F9N2O. The monoisotopic (exact) mass is 384 g/mol.